The summed E-state index contributed by atoms with van der Waals surface area (Å²) in [6, 6.07) is 19.2. The highest BCUT2D eigenvalue weighted by molar-refractivity contribution is 5.83. The van der Waals surface area contributed by atoms with Gasteiger partial charge in [-0.1, -0.05) is 80.6 Å². The number of nitrogens with one attached hydrogen (secondary N) is 3. The fourth-order valence-electron chi connectivity index (χ4n) is 5.73. The van der Waals surface area contributed by atoms with Crippen molar-refractivity contribution in [2.45, 2.75) is 63.3 Å². The predicted molar refractivity (Wildman–Crippen MR) is 150 cm³/mol. The highest BCUT2D eigenvalue weighted by Crippen LogP contribution is 2.32. The Labute approximate surface area is 226 Å². The molecule has 3 N–H and O–H groups in total. The molecule has 0 bridgehead atoms. The molecule has 1 unspecified atom stereocenters. The minimum atomic E-state index is -0.905. The van der Waals surface area contributed by atoms with Gasteiger partial charge in [0, 0.05) is 19.6 Å². The molecule has 2 aromatic rings. The fraction of sp³-hybridized carbons (Fsp3) is 0.516. The van der Waals surface area contributed by atoms with E-state index in [1.54, 1.807) is 0 Å². The summed E-state index contributed by atoms with van der Waals surface area (Å²) in [4.78, 5) is 27.0. The Morgan fingerprint density at radius 2 is 1.61 bits per heavy atom. The van der Waals surface area contributed by atoms with Gasteiger partial charge in [-0.15, -0.1) is 0 Å². The number of carbonyl (C=O) groups excluding carboxylic acids is 2. The first kappa shape index (κ1) is 27.7. The van der Waals surface area contributed by atoms with Gasteiger partial charge in [0.2, 0.25) is 0 Å². The zero-order valence-electron chi connectivity index (χ0n) is 22.4. The third kappa shape index (κ3) is 7.83. The van der Waals surface area contributed by atoms with Crippen molar-refractivity contribution < 1.29 is 14.3 Å². The smallest absolute Gasteiger partial charge is 0.260 e. The number of piperidine rings is 1. The minimum absolute atomic E-state index is 0.00580. The first-order valence-electron chi connectivity index (χ1n) is 14.2. The lowest BCUT2D eigenvalue weighted by molar-refractivity contribution is -0.134. The molecule has 38 heavy (non-hydrogen) atoms. The van der Waals surface area contributed by atoms with Crippen LogP contribution in [0, 0.1) is 17.2 Å². The van der Waals surface area contributed by atoms with E-state index in [0.717, 1.165) is 31.1 Å². The van der Waals surface area contributed by atoms with Crippen LogP contribution in [0.25, 0.3) is 0 Å². The Kier molecular flexibility index (Phi) is 10.2. The molecule has 204 valence electrons. The molecule has 0 radical (unpaired) electrons. The van der Waals surface area contributed by atoms with Gasteiger partial charge in [-0.05, 0) is 55.2 Å². The van der Waals surface area contributed by atoms with Crippen LogP contribution in [-0.2, 0) is 15.1 Å². The molecule has 0 aromatic heterocycles. The molecule has 7 heteroatoms. The van der Waals surface area contributed by atoms with Crippen LogP contribution in [0.2, 0.25) is 0 Å². The second-order valence-electron chi connectivity index (χ2n) is 10.8. The van der Waals surface area contributed by atoms with Crippen molar-refractivity contribution in [3.05, 3.63) is 66.2 Å². The number of hydrogen-bond donors (Lipinski definition) is 3. The molecule has 2 aromatic carbocycles. The number of carbonyl (C=O) groups is 2. The first-order valence-corrected chi connectivity index (χ1v) is 14.2. The van der Waals surface area contributed by atoms with Crippen LogP contribution in [0.4, 0.5) is 0 Å². The monoisotopic (exact) mass is 518 g/mol. The number of ether oxygens (including phenoxy) is 1. The molecular weight excluding hydrogens is 476 g/mol. The molecule has 1 aliphatic heterocycles. The van der Waals surface area contributed by atoms with E-state index in [-0.39, 0.29) is 18.5 Å². The second-order valence-corrected chi connectivity index (χ2v) is 10.8. The maximum atomic E-state index is 12.6. The summed E-state index contributed by atoms with van der Waals surface area (Å²) in [6.07, 6.45) is 10.7. The van der Waals surface area contributed by atoms with E-state index in [9.17, 15) is 9.59 Å². The van der Waals surface area contributed by atoms with Crippen LogP contribution in [-0.4, -0.2) is 49.3 Å². The Balaban J connectivity index is 1.25. The SMILES string of the molecule is N=C(NCC1CCN(C(=O)COc2ccccc2)CC1)NC(C=O)(CCC1CCCCC1)c1ccccc1. The molecule has 0 spiro atoms. The number of rotatable bonds is 11. The van der Waals surface area contributed by atoms with Crippen LogP contribution in [0.5, 0.6) is 5.75 Å². The maximum absolute atomic E-state index is 12.6. The van der Waals surface area contributed by atoms with Crippen LogP contribution < -0.4 is 15.4 Å². The van der Waals surface area contributed by atoms with E-state index < -0.39 is 5.54 Å². The Morgan fingerprint density at radius 1 is 0.947 bits per heavy atom. The zero-order valence-corrected chi connectivity index (χ0v) is 22.4. The average Bonchev–Trinajstić information content (AvgIpc) is 2.99. The van der Waals surface area contributed by atoms with Crippen LogP contribution in [0.15, 0.2) is 60.7 Å². The highest BCUT2D eigenvalue weighted by atomic mass is 16.5. The van der Waals surface area contributed by atoms with Crippen molar-refractivity contribution in [3.8, 4) is 5.75 Å². The minimum Gasteiger partial charge on any atom is -0.484 e. The second kappa shape index (κ2) is 14.0. The van der Waals surface area contributed by atoms with Gasteiger partial charge < -0.3 is 25.1 Å². The van der Waals surface area contributed by atoms with E-state index in [2.05, 4.69) is 10.6 Å². The predicted octanol–water partition coefficient (Wildman–Crippen LogP) is 4.87. The number of nitrogens with zero attached hydrogens (tertiary/aromatic N) is 1. The molecule has 1 atom stereocenters. The normalized spacial score (nSPS) is 18.3. The Hall–Kier alpha value is -3.35. The summed E-state index contributed by atoms with van der Waals surface area (Å²) in [7, 11) is 0. The number of likely N-dealkylation sites (tertiary alicyclic amines) is 1. The van der Waals surface area contributed by atoms with Crippen molar-refractivity contribution in [2.24, 2.45) is 11.8 Å². The van der Waals surface area contributed by atoms with Crippen molar-refractivity contribution in [3.63, 3.8) is 0 Å². The molecule has 4 rings (SSSR count). The topological polar surface area (TPSA) is 94.5 Å². The van der Waals surface area contributed by atoms with Gasteiger partial charge in [0.25, 0.3) is 5.91 Å². The van der Waals surface area contributed by atoms with Gasteiger partial charge >= 0.3 is 0 Å². The molecule has 1 saturated heterocycles. The van der Waals surface area contributed by atoms with Gasteiger partial charge in [0.1, 0.15) is 17.6 Å². The Morgan fingerprint density at radius 3 is 2.26 bits per heavy atom. The van der Waals surface area contributed by atoms with E-state index in [0.29, 0.717) is 43.6 Å². The first-order chi connectivity index (χ1) is 18.6. The van der Waals surface area contributed by atoms with Crippen LogP contribution in [0.1, 0.15) is 63.4 Å². The summed E-state index contributed by atoms with van der Waals surface area (Å²) in [5.41, 5.74) is -0.000891. The summed E-state index contributed by atoms with van der Waals surface area (Å²) in [5.74, 6) is 1.90. The summed E-state index contributed by atoms with van der Waals surface area (Å²) in [5, 5.41) is 15.1. The highest BCUT2D eigenvalue weighted by Gasteiger charge is 2.34. The lowest BCUT2D eigenvalue weighted by atomic mass is 9.79. The summed E-state index contributed by atoms with van der Waals surface area (Å²) < 4.78 is 5.61. The fourth-order valence-corrected chi connectivity index (χ4v) is 5.73. The van der Waals surface area contributed by atoms with Crippen molar-refractivity contribution in [2.75, 3.05) is 26.2 Å². The van der Waals surface area contributed by atoms with Crippen molar-refractivity contribution in [1.29, 1.82) is 5.41 Å². The van der Waals surface area contributed by atoms with Crippen molar-refractivity contribution >= 4 is 18.2 Å². The molecule has 2 aliphatic rings. The third-order valence-corrected chi connectivity index (χ3v) is 8.15. The number of benzene rings is 2. The van der Waals surface area contributed by atoms with Crippen LogP contribution >= 0.6 is 0 Å². The lowest BCUT2D eigenvalue weighted by Gasteiger charge is -2.35. The average molecular weight is 519 g/mol. The van der Waals surface area contributed by atoms with Gasteiger partial charge in [0.15, 0.2) is 12.6 Å². The van der Waals surface area contributed by atoms with E-state index in [1.165, 1.54) is 32.1 Å². The van der Waals surface area contributed by atoms with Gasteiger partial charge in [-0.3, -0.25) is 10.2 Å². The number of aldehydes is 1. The molecule has 1 amide bonds. The summed E-state index contributed by atoms with van der Waals surface area (Å²) in [6.45, 7) is 2.07. The summed E-state index contributed by atoms with van der Waals surface area (Å²) >= 11 is 0. The van der Waals surface area contributed by atoms with Gasteiger partial charge in [-0.2, -0.15) is 0 Å². The van der Waals surface area contributed by atoms with Crippen molar-refractivity contribution in [1.82, 2.24) is 15.5 Å². The molecule has 2 fully saturated rings. The largest absolute Gasteiger partial charge is 0.484 e. The number of guanidine groups is 1. The van der Waals surface area contributed by atoms with E-state index in [4.69, 9.17) is 10.1 Å². The molecular formula is C31H42N4O3. The van der Waals surface area contributed by atoms with Crippen LogP contribution in [0.3, 0.4) is 0 Å². The van der Waals surface area contributed by atoms with E-state index >= 15 is 0 Å². The standard InChI is InChI=1S/C31H42N4O3/c32-30(33-22-26-17-20-35(21-18-26)29(37)23-38-28-14-8-3-9-15-28)34-31(24-36,27-12-6-2-7-13-27)19-16-25-10-4-1-5-11-25/h2-3,6-9,12-15,24-26H,1,4-5,10-11,16-23H2,(H3,32,33,34). The molecule has 1 saturated carbocycles. The van der Waals surface area contributed by atoms with Gasteiger partial charge in [-0.25, -0.2) is 0 Å². The zero-order chi connectivity index (χ0) is 26.6. The number of para-hydroxylation sites is 1. The lowest BCUT2D eigenvalue weighted by Crippen LogP contribution is -2.53. The molecule has 1 aliphatic carbocycles. The third-order valence-electron chi connectivity index (χ3n) is 8.15. The van der Waals surface area contributed by atoms with E-state index in [1.807, 2.05) is 65.6 Å². The molecule has 1 heterocycles. The maximum Gasteiger partial charge on any atom is 0.260 e. The quantitative estimate of drug-likeness (QED) is 0.224. The number of hydrogen-bond acceptors (Lipinski definition) is 4. The molecule has 7 nitrogen and oxygen atoms in total. The Bertz CT molecular complexity index is 1020. The van der Waals surface area contributed by atoms with Gasteiger partial charge in [0.05, 0.1) is 0 Å². The number of amides is 1.